The lowest BCUT2D eigenvalue weighted by molar-refractivity contribution is -0.181. The fourth-order valence-corrected chi connectivity index (χ4v) is 5.85. The molecule has 29 heavy (non-hydrogen) atoms. The van der Waals surface area contributed by atoms with Gasteiger partial charge in [0.2, 0.25) is 5.91 Å². The maximum absolute atomic E-state index is 13.6. The first-order chi connectivity index (χ1) is 14.0. The highest BCUT2D eigenvalue weighted by Gasteiger charge is 2.64. The second-order valence-electron chi connectivity index (χ2n) is 8.17. The van der Waals surface area contributed by atoms with Crippen molar-refractivity contribution in [2.75, 3.05) is 19.6 Å². The predicted octanol–water partition coefficient (Wildman–Crippen LogP) is 1.96. The molecule has 2 aromatic rings. The summed E-state index contributed by atoms with van der Waals surface area (Å²) in [4.78, 5) is 33.5. The van der Waals surface area contributed by atoms with E-state index in [1.165, 1.54) is 9.78 Å². The van der Waals surface area contributed by atoms with Gasteiger partial charge in [-0.05, 0) is 35.6 Å². The van der Waals surface area contributed by atoms with Crippen LogP contribution in [0.25, 0.3) is 0 Å². The van der Waals surface area contributed by atoms with E-state index in [4.69, 9.17) is 11.6 Å². The number of carbonyl (C=O) groups excluding carboxylic acids is 2. The van der Waals surface area contributed by atoms with Gasteiger partial charge in [-0.1, -0.05) is 29.8 Å². The monoisotopic (exact) mass is 431 g/mol. The molecule has 5 rings (SSSR count). The number of β-amino-alcohol motifs (C(OH)–C–C–N with tert-alkyl or cyclic N) is 1. The summed E-state index contributed by atoms with van der Waals surface area (Å²) in [6.45, 7) is 2.54. The summed E-state index contributed by atoms with van der Waals surface area (Å²) in [7, 11) is 0. The molecular formula is C21H22ClN3O3S. The van der Waals surface area contributed by atoms with Crippen molar-refractivity contribution in [1.82, 2.24) is 14.7 Å². The number of nitrogens with zero attached hydrogens (tertiary/aromatic N) is 3. The smallest absolute Gasteiger partial charge is 0.252 e. The van der Waals surface area contributed by atoms with Gasteiger partial charge in [0, 0.05) is 36.1 Å². The van der Waals surface area contributed by atoms with Crippen LogP contribution in [0.1, 0.15) is 16.9 Å². The van der Waals surface area contributed by atoms with Gasteiger partial charge in [0.25, 0.3) is 5.91 Å². The summed E-state index contributed by atoms with van der Waals surface area (Å²) in [5.41, 5.74) is 0.0995. The maximum Gasteiger partial charge on any atom is 0.252 e. The van der Waals surface area contributed by atoms with Gasteiger partial charge in [-0.25, -0.2) is 0 Å². The van der Waals surface area contributed by atoms with Crippen molar-refractivity contribution in [1.29, 1.82) is 0 Å². The number of carbonyl (C=O) groups is 2. The second kappa shape index (κ2) is 7.18. The van der Waals surface area contributed by atoms with Gasteiger partial charge in [-0.15, -0.1) is 11.3 Å². The molecule has 152 valence electrons. The molecule has 0 radical (unpaired) electrons. The molecule has 0 aliphatic carbocycles. The second-order valence-corrected chi connectivity index (χ2v) is 9.64. The number of aliphatic hydroxyl groups is 1. The van der Waals surface area contributed by atoms with Crippen molar-refractivity contribution >= 4 is 34.8 Å². The Balaban J connectivity index is 1.41. The first-order valence-corrected chi connectivity index (χ1v) is 11.0. The largest absolute Gasteiger partial charge is 0.392 e. The molecule has 3 fully saturated rings. The number of benzene rings is 1. The van der Waals surface area contributed by atoms with Crippen LogP contribution < -0.4 is 0 Å². The number of likely N-dealkylation sites (tertiary alicyclic amines) is 1. The molecule has 1 aromatic carbocycles. The fraction of sp³-hybridized carbons (Fsp3) is 0.429. The van der Waals surface area contributed by atoms with Crippen LogP contribution >= 0.6 is 22.9 Å². The van der Waals surface area contributed by atoms with Crippen molar-refractivity contribution in [3.8, 4) is 0 Å². The third-order valence-electron chi connectivity index (χ3n) is 6.18. The standard InChI is InChI=1S/C21H22ClN3O3S/c22-15-4-1-3-14(7-15)9-24-19(27)18-8-16(26)10-25(18)21(20(24)28)12-23(13-21)11-17-5-2-6-29-17/h1-7,16,18,26H,8-13H2. The first-order valence-electron chi connectivity index (χ1n) is 9.76. The molecule has 3 aliphatic heterocycles. The molecule has 1 aromatic heterocycles. The number of amides is 2. The van der Waals surface area contributed by atoms with Gasteiger partial charge in [0.05, 0.1) is 18.7 Å². The van der Waals surface area contributed by atoms with Crippen LogP contribution in [0, 0.1) is 0 Å². The van der Waals surface area contributed by atoms with E-state index in [0.717, 1.165) is 12.1 Å². The number of rotatable bonds is 4. The molecule has 3 saturated heterocycles. The van der Waals surface area contributed by atoms with Crippen molar-refractivity contribution in [2.45, 2.75) is 37.2 Å². The summed E-state index contributed by atoms with van der Waals surface area (Å²) < 4.78 is 0. The summed E-state index contributed by atoms with van der Waals surface area (Å²) in [6, 6.07) is 10.9. The van der Waals surface area contributed by atoms with E-state index >= 15 is 0 Å². The Bertz CT molecular complexity index is 944. The van der Waals surface area contributed by atoms with E-state index < -0.39 is 17.7 Å². The summed E-state index contributed by atoms with van der Waals surface area (Å²) in [6.07, 6.45) is -0.198. The van der Waals surface area contributed by atoms with Gasteiger partial charge in [0.15, 0.2) is 0 Å². The quantitative estimate of drug-likeness (QED) is 0.750. The van der Waals surface area contributed by atoms with Crippen LogP contribution in [0.3, 0.4) is 0 Å². The van der Waals surface area contributed by atoms with E-state index in [9.17, 15) is 14.7 Å². The molecule has 1 N–H and O–H groups in total. The number of aliphatic hydroxyl groups excluding tert-OH is 1. The predicted molar refractivity (Wildman–Crippen MR) is 110 cm³/mol. The van der Waals surface area contributed by atoms with Gasteiger partial charge in [-0.2, -0.15) is 0 Å². The average molecular weight is 432 g/mol. The number of hydrogen-bond donors (Lipinski definition) is 1. The van der Waals surface area contributed by atoms with Crippen LogP contribution in [0.4, 0.5) is 0 Å². The Kier molecular flexibility index (Phi) is 4.75. The molecule has 4 heterocycles. The minimum Gasteiger partial charge on any atom is -0.392 e. The van der Waals surface area contributed by atoms with Crippen LogP contribution in [0.15, 0.2) is 41.8 Å². The minimum absolute atomic E-state index is 0.157. The highest BCUT2D eigenvalue weighted by molar-refractivity contribution is 7.09. The lowest BCUT2D eigenvalue weighted by atomic mass is 9.82. The Morgan fingerprint density at radius 3 is 2.72 bits per heavy atom. The molecule has 3 aliphatic rings. The number of fused-ring (bicyclic) bond motifs is 2. The van der Waals surface area contributed by atoms with E-state index in [0.29, 0.717) is 31.1 Å². The summed E-state index contributed by atoms with van der Waals surface area (Å²) in [5.74, 6) is -0.371. The number of thiophene rings is 1. The first kappa shape index (κ1) is 19.2. The van der Waals surface area contributed by atoms with E-state index in [1.807, 2.05) is 23.1 Å². The number of imide groups is 1. The van der Waals surface area contributed by atoms with E-state index in [-0.39, 0.29) is 18.4 Å². The molecule has 1 spiro atoms. The van der Waals surface area contributed by atoms with Crippen LogP contribution in [0.5, 0.6) is 0 Å². The lowest BCUT2D eigenvalue weighted by Gasteiger charge is -2.58. The molecule has 2 unspecified atom stereocenters. The third kappa shape index (κ3) is 3.21. The van der Waals surface area contributed by atoms with Crippen molar-refractivity contribution in [2.24, 2.45) is 0 Å². The number of halogens is 1. The van der Waals surface area contributed by atoms with Crippen molar-refractivity contribution < 1.29 is 14.7 Å². The van der Waals surface area contributed by atoms with Gasteiger partial charge in [0.1, 0.15) is 5.54 Å². The third-order valence-corrected chi connectivity index (χ3v) is 7.28. The van der Waals surface area contributed by atoms with Gasteiger partial charge in [-0.3, -0.25) is 24.3 Å². The van der Waals surface area contributed by atoms with Crippen molar-refractivity contribution in [3.63, 3.8) is 0 Å². The summed E-state index contributed by atoms with van der Waals surface area (Å²) >= 11 is 7.79. The highest BCUT2D eigenvalue weighted by Crippen LogP contribution is 2.41. The highest BCUT2D eigenvalue weighted by atomic mass is 35.5. The molecule has 6 nitrogen and oxygen atoms in total. The normalized spacial score (nSPS) is 26.8. The topological polar surface area (TPSA) is 64.1 Å². The zero-order valence-corrected chi connectivity index (χ0v) is 17.4. The van der Waals surface area contributed by atoms with E-state index in [1.54, 1.807) is 23.5 Å². The van der Waals surface area contributed by atoms with Crippen LogP contribution in [-0.2, 0) is 22.7 Å². The van der Waals surface area contributed by atoms with E-state index in [2.05, 4.69) is 16.3 Å². The Labute approximate surface area is 178 Å². The molecule has 2 amide bonds. The van der Waals surface area contributed by atoms with Gasteiger partial charge >= 0.3 is 0 Å². The molecule has 2 atom stereocenters. The minimum atomic E-state index is -0.730. The molecule has 8 heteroatoms. The molecule has 0 saturated carbocycles. The average Bonchev–Trinajstić information content (AvgIpc) is 3.30. The molecular weight excluding hydrogens is 410 g/mol. The van der Waals surface area contributed by atoms with Crippen molar-refractivity contribution in [3.05, 3.63) is 57.2 Å². The zero-order chi connectivity index (χ0) is 20.2. The van der Waals surface area contributed by atoms with Crippen LogP contribution in [-0.4, -0.2) is 68.9 Å². The maximum atomic E-state index is 13.6. The number of piperazine rings is 1. The SMILES string of the molecule is O=C1C2CC(O)CN2C2(CN(Cc3cccs3)C2)C(=O)N1Cc1cccc(Cl)c1. The lowest BCUT2D eigenvalue weighted by Crippen LogP contribution is -2.81. The Hall–Kier alpha value is -1.77. The number of hydrogen-bond acceptors (Lipinski definition) is 6. The van der Waals surface area contributed by atoms with Crippen LogP contribution in [0.2, 0.25) is 5.02 Å². The summed E-state index contributed by atoms with van der Waals surface area (Å²) in [5, 5.41) is 12.9. The zero-order valence-electron chi connectivity index (χ0n) is 15.8. The molecule has 0 bridgehead atoms. The Morgan fingerprint density at radius 2 is 2.00 bits per heavy atom. The Morgan fingerprint density at radius 1 is 1.17 bits per heavy atom. The van der Waals surface area contributed by atoms with Gasteiger partial charge < -0.3 is 5.11 Å². The fourth-order valence-electron chi connectivity index (χ4n) is 4.89.